The van der Waals surface area contributed by atoms with E-state index in [-0.39, 0.29) is 23.2 Å². The largest absolute Gasteiger partial charge is 0.493 e. The number of nitro groups is 1. The van der Waals surface area contributed by atoms with E-state index in [2.05, 4.69) is 5.32 Å². The van der Waals surface area contributed by atoms with Gasteiger partial charge in [-0.3, -0.25) is 14.9 Å². The van der Waals surface area contributed by atoms with E-state index in [1.54, 1.807) is 0 Å². The molecule has 0 spiro atoms. The smallest absolute Gasteiger partial charge is 0.270 e. The zero-order chi connectivity index (χ0) is 15.9. The molecule has 0 aromatic heterocycles. The Morgan fingerprint density at radius 3 is 2.73 bits per heavy atom. The van der Waals surface area contributed by atoms with Crippen LogP contribution in [0.2, 0.25) is 0 Å². The Kier molecular flexibility index (Phi) is 5.75. The molecule has 0 atom stereocenters. The van der Waals surface area contributed by atoms with Crippen LogP contribution in [0.5, 0.6) is 5.75 Å². The van der Waals surface area contributed by atoms with E-state index in [0.29, 0.717) is 12.4 Å². The summed E-state index contributed by atoms with van der Waals surface area (Å²) in [5.74, 6) is 0.113. The molecule has 1 aromatic rings. The highest BCUT2D eigenvalue weighted by molar-refractivity contribution is 5.97. The third-order valence-electron chi connectivity index (χ3n) is 3.82. The number of carbonyl (C=O) groups is 1. The van der Waals surface area contributed by atoms with Gasteiger partial charge < -0.3 is 10.1 Å². The van der Waals surface area contributed by atoms with Crippen molar-refractivity contribution in [1.82, 2.24) is 5.32 Å². The second kappa shape index (κ2) is 7.77. The van der Waals surface area contributed by atoms with Crippen molar-refractivity contribution >= 4 is 11.6 Å². The molecule has 1 N–H and O–H groups in total. The molecule has 0 radical (unpaired) electrons. The zero-order valence-electron chi connectivity index (χ0n) is 12.8. The summed E-state index contributed by atoms with van der Waals surface area (Å²) >= 11 is 0. The number of ether oxygens (including phenoxy) is 1. The van der Waals surface area contributed by atoms with Gasteiger partial charge in [0.25, 0.3) is 11.6 Å². The van der Waals surface area contributed by atoms with Crippen LogP contribution in [-0.4, -0.2) is 23.5 Å². The van der Waals surface area contributed by atoms with Gasteiger partial charge in [0.2, 0.25) is 0 Å². The van der Waals surface area contributed by atoms with Gasteiger partial charge >= 0.3 is 0 Å². The van der Waals surface area contributed by atoms with Crippen LogP contribution in [-0.2, 0) is 0 Å². The lowest BCUT2D eigenvalue weighted by molar-refractivity contribution is -0.384. The number of nitrogens with one attached hydrogen (secondary N) is 1. The molecule has 6 heteroatoms. The Balaban J connectivity index is 2.18. The lowest BCUT2D eigenvalue weighted by Gasteiger charge is -2.23. The molecule has 1 saturated carbocycles. The molecule has 22 heavy (non-hydrogen) atoms. The van der Waals surface area contributed by atoms with Gasteiger partial charge in [-0.2, -0.15) is 0 Å². The average molecular weight is 306 g/mol. The summed E-state index contributed by atoms with van der Waals surface area (Å²) in [5, 5.41) is 13.9. The van der Waals surface area contributed by atoms with Crippen molar-refractivity contribution in [2.24, 2.45) is 0 Å². The molecular weight excluding hydrogens is 284 g/mol. The molecular formula is C16H22N2O4. The third-order valence-corrected chi connectivity index (χ3v) is 3.82. The maximum atomic E-state index is 12.5. The first-order chi connectivity index (χ1) is 10.6. The van der Waals surface area contributed by atoms with E-state index in [1.165, 1.54) is 24.6 Å². The first-order valence-corrected chi connectivity index (χ1v) is 7.84. The molecule has 1 aliphatic rings. The van der Waals surface area contributed by atoms with Crippen LogP contribution in [0.1, 0.15) is 55.8 Å². The van der Waals surface area contributed by atoms with Crippen molar-refractivity contribution in [2.75, 3.05) is 6.61 Å². The summed E-state index contributed by atoms with van der Waals surface area (Å²) in [4.78, 5) is 22.9. The number of carbonyl (C=O) groups excluding carboxylic acids is 1. The normalized spacial score (nSPS) is 15.3. The van der Waals surface area contributed by atoms with Crippen molar-refractivity contribution < 1.29 is 14.5 Å². The van der Waals surface area contributed by atoms with E-state index < -0.39 is 4.92 Å². The Labute approximate surface area is 130 Å². The molecule has 2 rings (SSSR count). The summed E-state index contributed by atoms with van der Waals surface area (Å²) in [7, 11) is 0. The Hall–Kier alpha value is -2.11. The van der Waals surface area contributed by atoms with E-state index in [0.717, 1.165) is 32.1 Å². The lowest BCUT2D eigenvalue weighted by atomic mass is 9.95. The number of benzene rings is 1. The highest BCUT2D eigenvalue weighted by atomic mass is 16.6. The third kappa shape index (κ3) is 4.19. The van der Waals surface area contributed by atoms with Gasteiger partial charge in [-0.05, 0) is 25.3 Å². The number of rotatable bonds is 6. The molecule has 1 aromatic carbocycles. The van der Waals surface area contributed by atoms with Crippen molar-refractivity contribution in [1.29, 1.82) is 0 Å². The van der Waals surface area contributed by atoms with Crippen LogP contribution in [0.4, 0.5) is 5.69 Å². The molecule has 0 unspecified atom stereocenters. The Bertz CT molecular complexity index is 539. The van der Waals surface area contributed by atoms with Gasteiger partial charge in [0.1, 0.15) is 5.75 Å². The topological polar surface area (TPSA) is 81.5 Å². The summed E-state index contributed by atoms with van der Waals surface area (Å²) in [6.07, 6.45) is 6.16. The fraction of sp³-hybridized carbons (Fsp3) is 0.562. The maximum absolute atomic E-state index is 12.5. The predicted octanol–water partition coefficient (Wildman–Crippen LogP) is 3.45. The molecule has 0 aliphatic heterocycles. The molecule has 1 fully saturated rings. The second-order valence-electron chi connectivity index (χ2n) is 5.59. The Morgan fingerprint density at radius 2 is 2.09 bits per heavy atom. The fourth-order valence-electron chi connectivity index (χ4n) is 2.66. The number of hydrogen-bond acceptors (Lipinski definition) is 4. The fourth-order valence-corrected chi connectivity index (χ4v) is 2.66. The van der Waals surface area contributed by atoms with Crippen LogP contribution in [0.3, 0.4) is 0 Å². The quantitative estimate of drug-likeness (QED) is 0.644. The van der Waals surface area contributed by atoms with Gasteiger partial charge in [0.15, 0.2) is 0 Å². The van der Waals surface area contributed by atoms with Gasteiger partial charge in [0, 0.05) is 18.2 Å². The SMILES string of the molecule is CCCOc1ccc([N+](=O)[O-])cc1C(=O)NC1CCCCC1. The average Bonchev–Trinajstić information content (AvgIpc) is 2.53. The molecule has 0 heterocycles. The second-order valence-corrected chi connectivity index (χ2v) is 5.59. The molecule has 6 nitrogen and oxygen atoms in total. The van der Waals surface area contributed by atoms with Crippen molar-refractivity contribution in [2.45, 2.75) is 51.5 Å². The highest BCUT2D eigenvalue weighted by Crippen LogP contribution is 2.25. The van der Waals surface area contributed by atoms with Crippen LogP contribution in [0, 0.1) is 10.1 Å². The van der Waals surface area contributed by atoms with Gasteiger partial charge in [-0.1, -0.05) is 26.2 Å². The van der Waals surface area contributed by atoms with Gasteiger partial charge in [-0.25, -0.2) is 0 Å². The number of amides is 1. The van der Waals surface area contributed by atoms with Gasteiger partial charge in [0.05, 0.1) is 17.1 Å². The minimum Gasteiger partial charge on any atom is -0.493 e. The first kappa shape index (κ1) is 16.3. The summed E-state index contributed by atoms with van der Waals surface area (Å²) < 4.78 is 5.55. The summed E-state index contributed by atoms with van der Waals surface area (Å²) in [6.45, 7) is 2.44. The van der Waals surface area contributed by atoms with E-state index in [1.807, 2.05) is 6.92 Å². The minimum absolute atomic E-state index is 0.0994. The number of hydrogen-bond donors (Lipinski definition) is 1. The molecule has 1 aliphatic carbocycles. The van der Waals surface area contributed by atoms with E-state index in [9.17, 15) is 14.9 Å². The number of non-ortho nitro benzene ring substituents is 1. The van der Waals surface area contributed by atoms with Crippen LogP contribution < -0.4 is 10.1 Å². The lowest BCUT2D eigenvalue weighted by Crippen LogP contribution is -2.36. The van der Waals surface area contributed by atoms with Crippen LogP contribution >= 0.6 is 0 Å². The summed E-state index contributed by atoms with van der Waals surface area (Å²) in [5.41, 5.74) is 0.144. The van der Waals surface area contributed by atoms with Crippen LogP contribution in [0.15, 0.2) is 18.2 Å². The van der Waals surface area contributed by atoms with Crippen molar-refractivity contribution in [3.63, 3.8) is 0 Å². The van der Waals surface area contributed by atoms with Crippen molar-refractivity contribution in [3.8, 4) is 5.75 Å². The summed E-state index contributed by atoms with van der Waals surface area (Å²) in [6, 6.07) is 4.31. The monoisotopic (exact) mass is 306 g/mol. The van der Waals surface area contributed by atoms with Crippen molar-refractivity contribution in [3.05, 3.63) is 33.9 Å². The number of nitro benzene ring substituents is 1. The number of nitrogens with zero attached hydrogens (tertiary/aromatic N) is 1. The predicted molar refractivity (Wildman–Crippen MR) is 83.2 cm³/mol. The van der Waals surface area contributed by atoms with E-state index >= 15 is 0 Å². The van der Waals surface area contributed by atoms with Gasteiger partial charge in [-0.15, -0.1) is 0 Å². The maximum Gasteiger partial charge on any atom is 0.270 e. The highest BCUT2D eigenvalue weighted by Gasteiger charge is 2.21. The van der Waals surface area contributed by atoms with E-state index in [4.69, 9.17) is 4.74 Å². The minimum atomic E-state index is -0.499. The molecule has 0 saturated heterocycles. The molecule has 0 bridgehead atoms. The molecule has 120 valence electrons. The molecule has 1 amide bonds. The standard InChI is InChI=1S/C16H22N2O4/c1-2-10-22-15-9-8-13(18(20)21)11-14(15)16(19)17-12-6-4-3-5-7-12/h8-9,11-12H,2-7,10H2,1H3,(H,17,19). The zero-order valence-corrected chi connectivity index (χ0v) is 12.8. The first-order valence-electron chi connectivity index (χ1n) is 7.84. The van der Waals surface area contributed by atoms with Crippen LogP contribution in [0.25, 0.3) is 0 Å². The Morgan fingerprint density at radius 1 is 1.36 bits per heavy atom.